The molecule has 0 fully saturated rings. The van der Waals surface area contributed by atoms with Gasteiger partial charge < -0.3 is 10.1 Å². The van der Waals surface area contributed by atoms with Gasteiger partial charge in [-0.05, 0) is 24.6 Å². The molecule has 0 aliphatic carbocycles. The lowest BCUT2D eigenvalue weighted by molar-refractivity contribution is -0.137. The Balaban J connectivity index is 2.57. The fraction of sp³-hybridized carbons (Fsp3) is 0.462. The molecule has 0 aliphatic heterocycles. The number of rotatable bonds is 7. The van der Waals surface area contributed by atoms with Gasteiger partial charge in [0.2, 0.25) is 0 Å². The first-order valence-corrected chi connectivity index (χ1v) is 6.68. The lowest BCUT2D eigenvalue weighted by atomic mass is 10.1. The largest absolute Gasteiger partial charge is 0.416 e. The summed E-state index contributed by atoms with van der Waals surface area (Å²) in [5, 5.41) is 2.34. The minimum atomic E-state index is -4.63. The van der Waals surface area contributed by atoms with Crippen molar-refractivity contribution < 1.29 is 27.1 Å². The summed E-state index contributed by atoms with van der Waals surface area (Å²) in [6.07, 6.45) is -4.18. The van der Waals surface area contributed by atoms with Gasteiger partial charge in [0.15, 0.2) is 0 Å². The molecule has 0 bridgehead atoms. The first-order valence-electron chi connectivity index (χ1n) is 6.15. The molecule has 1 aromatic rings. The molecule has 1 rings (SSSR count). The Hall–Kier alpha value is -1.34. The van der Waals surface area contributed by atoms with Gasteiger partial charge in [0, 0.05) is 19.0 Å². The predicted octanol–water partition coefficient (Wildman–Crippen LogP) is 3.22. The van der Waals surface area contributed by atoms with E-state index in [1.54, 1.807) is 0 Å². The zero-order valence-corrected chi connectivity index (χ0v) is 11.7. The molecule has 0 atom stereocenters. The molecule has 0 radical (unpaired) electrons. The van der Waals surface area contributed by atoms with Gasteiger partial charge in [-0.15, -0.1) is 11.6 Å². The third-order valence-corrected chi connectivity index (χ3v) is 2.67. The van der Waals surface area contributed by atoms with Crippen LogP contribution in [0.2, 0.25) is 0 Å². The maximum atomic E-state index is 13.4. The zero-order valence-electron chi connectivity index (χ0n) is 11.0. The second-order valence-electron chi connectivity index (χ2n) is 4.10. The highest BCUT2D eigenvalue weighted by molar-refractivity contribution is 6.17. The van der Waals surface area contributed by atoms with Crippen LogP contribution in [0.25, 0.3) is 0 Å². The topological polar surface area (TPSA) is 38.3 Å². The van der Waals surface area contributed by atoms with Crippen molar-refractivity contribution in [1.29, 1.82) is 0 Å². The first kappa shape index (κ1) is 17.7. The summed E-state index contributed by atoms with van der Waals surface area (Å²) < 4.78 is 56.0. The van der Waals surface area contributed by atoms with Crippen LogP contribution in [0.3, 0.4) is 0 Å². The van der Waals surface area contributed by atoms with Crippen molar-refractivity contribution >= 4 is 17.5 Å². The Morgan fingerprint density at radius 1 is 1.29 bits per heavy atom. The third kappa shape index (κ3) is 5.89. The number of ether oxygens (including phenoxy) is 1. The quantitative estimate of drug-likeness (QED) is 0.474. The number of hydrogen-bond donors (Lipinski definition) is 1. The van der Waals surface area contributed by atoms with E-state index in [-0.39, 0.29) is 6.54 Å². The summed E-state index contributed by atoms with van der Waals surface area (Å²) in [5.74, 6) is -1.54. The zero-order chi connectivity index (χ0) is 15.9. The molecule has 0 aliphatic rings. The molecular formula is C13H14ClF4NO2. The highest BCUT2D eigenvalue weighted by Crippen LogP contribution is 2.30. The molecule has 118 valence electrons. The highest BCUT2D eigenvalue weighted by Gasteiger charge is 2.31. The second kappa shape index (κ2) is 8.19. The number of benzene rings is 1. The van der Waals surface area contributed by atoms with Gasteiger partial charge in [0.1, 0.15) is 5.82 Å². The van der Waals surface area contributed by atoms with Gasteiger partial charge in [0.25, 0.3) is 5.91 Å². The van der Waals surface area contributed by atoms with Crippen LogP contribution in [-0.4, -0.2) is 31.5 Å². The van der Waals surface area contributed by atoms with Gasteiger partial charge in [-0.1, -0.05) is 0 Å². The number of hydrogen-bond acceptors (Lipinski definition) is 2. The van der Waals surface area contributed by atoms with Gasteiger partial charge >= 0.3 is 6.18 Å². The van der Waals surface area contributed by atoms with Crippen LogP contribution in [0.1, 0.15) is 22.3 Å². The van der Waals surface area contributed by atoms with E-state index in [1.807, 2.05) is 0 Å². The van der Waals surface area contributed by atoms with E-state index in [4.69, 9.17) is 16.3 Å². The molecule has 1 amide bonds. The Morgan fingerprint density at radius 2 is 2.00 bits per heavy atom. The fourth-order valence-corrected chi connectivity index (χ4v) is 1.61. The summed E-state index contributed by atoms with van der Waals surface area (Å²) in [6, 6.07) is 1.71. The number of carbonyl (C=O) groups is 1. The molecule has 0 unspecified atom stereocenters. The summed E-state index contributed by atoms with van der Waals surface area (Å²) in [4.78, 5) is 11.7. The molecule has 0 aromatic heterocycles. The van der Waals surface area contributed by atoms with Crippen LogP contribution >= 0.6 is 11.6 Å². The summed E-state index contributed by atoms with van der Waals surface area (Å²) >= 11 is 5.39. The van der Waals surface area contributed by atoms with E-state index >= 15 is 0 Å². The van der Waals surface area contributed by atoms with Crippen LogP contribution in [0.5, 0.6) is 0 Å². The van der Waals surface area contributed by atoms with Crippen LogP contribution in [0, 0.1) is 5.82 Å². The van der Waals surface area contributed by atoms with Crippen LogP contribution in [-0.2, 0) is 10.9 Å². The van der Waals surface area contributed by atoms with Gasteiger partial charge in [-0.3, -0.25) is 4.79 Å². The maximum absolute atomic E-state index is 13.4. The molecule has 0 heterocycles. The summed E-state index contributed by atoms with van der Waals surface area (Å²) in [6.45, 7) is 0.882. The van der Waals surface area contributed by atoms with E-state index in [1.165, 1.54) is 0 Å². The molecule has 0 spiro atoms. The average molecular weight is 328 g/mol. The number of amides is 1. The molecular weight excluding hydrogens is 314 g/mol. The van der Waals surface area contributed by atoms with Crippen molar-refractivity contribution in [2.24, 2.45) is 0 Å². The Kier molecular flexibility index (Phi) is 6.91. The monoisotopic (exact) mass is 327 g/mol. The van der Waals surface area contributed by atoms with Gasteiger partial charge in [-0.2, -0.15) is 13.2 Å². The first-order chi connectivity index (χ1) is 9.86. The summed E-state index contributed by atoms with van der Waals surface area (Å²) in [5.41, 5.74) is -1.70. The second-order valence-corrected chi connectivity index (χ2v) is 4.48. The van der Waals surface area contributed by atoms with Crippen LogP contribution < -0.4 is 5.32 Å². The van der Waals surface area contributed by atoms with Crippen molar-refractivity contribution in [2.75, 3.05) is 25.6 Å². The molecule has 21 heavy (non-hydrogen) atoms. The van der Waals surface area contributed by atoms with Crippen molar-refractivity contribution in [1.82, 2.24) is 5.32 Å². The molecule has 1 aromatic carbocycles. The number of alkyl halides is 4. The van der Waals surface area contributed by atoms with E-state index in [0.717, 1.165) is 0 Å². The number of carbonyl (C=O) groups excluding carboxylic acids is 1. The van der Waals surface area contributed by atoms with Crippen molar-refractivity contribution in [3.05, 3.63) is 35.1 Å². The van der Waals surface area contributed by atoms with E-state index in [2.05, 4.69) is 5.32 Å². The minimum Gasteiger partial charge on any atom is -0.380 e. The van der Waals surface area contributed by atoms with Crippen molar-refractivity contribution in [3.63, 3.8) is 0 Å². The molecule has 1 N–H and O–H groups in total. The Labute approximate surface area is 124 Å². The highest BCUT2D eigenvalue weighted by atomic mass is 35.5. The smallest absolute Gasteiger partial charge is 0.380 e. The van der Waals surface area contributed by atoms with Crippen LogP contribution in [0.15, 0.2) is 18.2 Å². The molecule has 0 saturated heterocycles. The lowest BCUT2D eigenvalue weighted by Crippen LogP contribution is -2.26. The lowest BCUT2D eigenvalue weighted by Gasteiger charge is -2.10. The SMILES string of the molecule is O=C(NCCCOCCCl)c1cc(C(F)(F)F)ccc1F. The standard InChI is InChI=1S/C13H14ClF4NO2/c14-4-7-21-6-1-5-19-12(20)10-8-9(13(16,17)18)2-3-11(10)15/h2-3,8H,1,4-7H2,(H,19,20). The Morgan fingerprint density at radius 3 is 2.62 bits per heavy atom. The van der Waals surface area contributed by atoms with Gasteiger partial charge in [0.05, 0.1) is 17.7 Å². The Bertz CT molecular complexity index is 480. The molecule has 3 nitrogen and oxygen atoms in total. The van der Waals surface area contributed by atoms with Crippen molar-refractivity contribution in [2.45, 2.75) is 12.6 Å². The fourth-order valence-electron chi connectivity index (χ4n) is 1.50. The van der Waals surface area contributed by atoms with E-state index < -0.39 is 29.0 Å². The molecule has 8 heteroatoms. The van der Waals surface area contributed by atoms with Crippen molar-refractivity contribution in [3.8, 4) is 0 Å². The predicted molar refractivity (Wildman–Crippen MR) is 69.9 cm³/mol. The average Bonchev–Trinajstić information content (AvgIpc) is 2.41. The minimum absolute atomic E-state index is 0.163. The maximum Gasteiger partial charge on any atom is 0.416 e. The molecule has 0 saturated carbocycles. The van der Waals surface area contributed by atoms with E-state index in [9.17, 15) is 22.4 Å². The number of halogens is 5. The normalized spacial score (nSPS) is 11.5. The number of nitrogens with one attached hydrogen (secondary N) is 1. The third-order valence-electron chi connectivity index (χ3n) is 2.51. The summed E-state index contributed by atoms with van der Waals surface area (Å²) in [7, 11) is 0. The van der Waals surface area contributed by atoms with E-state index in [0.29, 0.717) is 43.7 Å². The van der Waals surface area contributed by atoms with Gasteiger partial charge in [-0.25, -0.2) is 4.39 Å². The van der Waals surface area contributed by atoms with Crippen LogP contribution in [0.4, 0.5) is 17.6 Å².